The Balaban J connectivity index is 1.25. The van der Waals surface area contributed by atoms with E-state index >= 15 is 0 Å². The van der Waals surface area contributed by atoms with Gasteiger partial charge in [-0.2, -0.15) is 0 Å². The molecule has 0 aliphatic rings. The van der Waals surface area contributed by atoms with Crippen LogP contribution in [-0.4, -0.2) is 29.9 Å². The van der Waals surface area contributed by atoms with Crippen molar-refractivity contribution in [3.63, 3.8) is 0 Å². The van der Waals surface area contributed by atoms with Crippen LogP contribution in [0, 0.1) is 0 Å². The van der Waals surface area contributed by atoms with E-state index in [4.69, 9.17) is 19.9 Å². The molecule has 252 valence electrons. The predicted octanol–water partition coefficient (Wildman–Crippen LogP) is 11.6. The second-order valence-electron chi connectivity index (χ2n) is 13.2. The van der Waals surface area contributed by atoms with Gasteiger partial charge in [0.15, 0.2) is 11.6 Å². The van der Waals surface area contributed by atoms with Crippen molar-refractivity contribution in [1.29, 1.82) is 0 Å². The Morgan fingerprint density at radius 3 is 0.870 bits per heavy atom. The fraction of sp³-hybridized carbons (Fsp3) is 0. The van der Waals surface area contributed by atoms with E-state index in [1.54, 1.807) is 24.8 Å². The summed E-state index contributed by atoms with van der Waals surface area (Å²) in [6, 6.07) is 47.1. The van der Waals surface area contributed by atoms with E-state index < -0.39 is 0 Å². The van der Waals surface area contributed by atoms with Crippen LogP contribution in [0.4, 0.5) is 0 Å². The summed E-state index contributed by atoms with van der Waals surface area (Å²) in [4.78, 5) is 27.6. The van der Waals surface area contributed by atoms with Crippen LogP contribution in [0.3, 0.4) is 0 Å². The second-order valence-corrected chi connectivity index (χ2v) is 13.2. The lowest BCUT2D eigenvalue weighted by molar-refractivity contribution is 1.18. The van der Waals surface area contributed by atoms with Crippen molar-refractivity contribution in [2.75, 3.05) is 0 Å². The number of hydrogen-bond acceptors (Lipinski definition) is 6. The Bertz CT molecular complexity index is 2800. The lowest BCUT2D eigenvalue weighted by atomic mass is 9.93. The first-order valence-electron chi connectivity index (χ1n) is 17.8. The minimum atomic E-state index is 0.674. The molecular formula is C48H30N6. The van der Waals surface area contributed by atoms with E-state index in [1.165, 1.54) is 0 Å². The van der Waals surface area contributed by atoms with Crippen molar-refractivity contribution in [1.82, 2.24) is 29.9 Å². The molecule has 6 aromatic carbocycles. The maximum atomic E-state index is 4.82. The third-order valence-electron chi connectivity index (χ3n) is 10.1. The lowest BCUT2D eigenvalue weighted by Crippen LogP contribution is -1.91. The normalized spacial score (nSPS) is 11.3. The Labute approximate surface area is 310 Å². The van der Waals surface area contributed by atoms with Gasteiger partial charge in [0.1, 0.15) is 0 Å². The standard InChI is InChI=1S/C48H30N6/c1-2-10-40-39(9-1)43-15-13-33(47-51-27-35(28-52-47)31-17-21-49-22-18-31)25-45(43)41-11-5-3-7-37(41)38-8-4-6-12-42(38)46-26-34(14-16-44(40)46)48-53-29-36(30-54-48)32-19-23-50-24-20-32/h1-30H. The van der Waals surface area contributed by atoms with E-state index in [1.807, 2.05) is 49.1 Å². The molecule has 0 N–H and O–H groups in total. The fourth-order valence-electron chi connectivity index (χ4n) is 7.48. The van der Waals surface area contributed by atoms with Crippen molar-refractivity contribution in [3.8, 4) is 45.0 Å². The van der Waals surface area contributed by atoms with Gasteiger partial charge in [0, 0.05) is 71.8 Å². The maximum absolute atomic E-state index is 4.82. The van der Waals surface area contributed by atoms with Crippen molar-refractivity contribution in [2.45, 2.75) is 0 Å². The van der Waals surface area contributed by atoms with Gasteiger partial charge in [-0.1, -0.05) is 97.1 Å². The first-order chi connectivity index (χ1) is 26.8. The smallest absolute Gasteiger partial charge is 0.159 e. The van der Waals surface area contributed by atoms with E-state index in [0.717, 1.165) is 87.2 Å². The number of rotatable bonds is 4. The third-order valence-corrected chi connectivity index (χ3v) is 10.1. The van der Waals surface area contributed by atoms with Gasteiger partial charge >= 0.3 is 0 Å². The van der Waals surface area contributed by atoms with Crippen LogP contribution < -0.4 is 0 Å². The molecule has 4 aromatic heterocycles. The van der Waals surface area contributed by atoms with Gasteiger partial charge in [-0.25, -0.2) is 19.9 Å². The summed E-state index contributed by atoms with van der Waals surface area (Å²) < 4.78 is 0. The molecule has 0 atom stereocenters. The average Bonchev–Trinajstić information content (AvgIpc) is 3.26. The summed E-state index contributed by atoms with van der Waals surface area (Å²) in [5.74, 6) is 1.35. The van der Waals surface area contributed by atoms with Crippen LogP contribution in [0.5, 0.6) is 0 Å². The highest BCUT2D eigenvalue weighted by molar-refractivity contribution is 6.26. The summed E-state index contributed by atoms with van der Waals surface area (Å²) in [7, 11) is 0. The molecule has 10 aromatic rings. The molecule has 0 saturated heterocycles. The summed E-state index contributed by atoms with van der Waals surface area (Å²) >= 11 is 0. The number of benzene rings is 5. The van der Waals surface area contributed by atoms with Gasteiger partial charge in [0.25, 0.3) is 0 Å². The zero-order valence-corrected chi connectivity index (χ0v) is 29.0. The summed E-state index contributed by atoms with van der Waals surface area (Å²) in [5, 5.41) is 11.4. The maximum Gasteiger partial charge on any atom is 0.159 e. The molecule has 0 radical (unpaired) electrons. The van der Waals surface area contributed by atoms with Crippen molar-refractivity contribution in [2.24, 2.45) is 0 Å². The average molecular weight is 691 g/mol. The van der Waals surface area contributed by atoms with E-state index in [-0.39, 0.29) is 0 Å². The largest absolute Gasteiger partial charge is 0.265 e. The molecule has 0 aliphatic carbocycles. The zero-order chi connectivity index (χ0) is 35.8. The monoisotopic (exact) mass is 690 g/mol. The number of aromatic nitrogens is 6. The molecule has 54 heavy (non-hydrogen) atoms. The number of nitrogens with zero attached hydrogens (tertiary/aromatic N) is 6. The molecule has 0 spiro atoms. The van der Waals surface area contributed by atoms with Crippen molar-refractivity contribution < 1.29 is 0 Å². The van der Waals surface area contributed by atoms with Gasteiger partial charge in [-0.3, -0.25) is 9.97 Å². The highest BCUT2D eigenvalue weighted by Crippen LogP contribution is 2.38. The van der Waals surface area contributed by atoms with Crippen LogP contribution in [-0.2, 0) is 0 Å². The summed E-state index contributed by atoms with van der Waals surface area (Å²) in [6.07, 6.45) is 14.7. The Kier molecular flexibility index (Phi) is 7.69. The minimum absolute atomic E-state index is 0.674. The molecule has 0 fully saturated rings. The molecule has 0 bridgehead atoms. The van der Waals surface area contributed by atoms with Crippen LogP contribution in [0.2, 0.25) is 0 Å². The number of pyridine rings is 2. The minimum Gasteiger partial charge on any atom is -0.265 e. The molecule has 6 nitrogen and oxygen atoms in total. The van der Waals surface area contributed by atoms with Gasteiger partial charge in [0.05, 0.1) is 0 Å². The van der Waals surface area contributed by atoms with Crippen molar-refractivity contribution in [3.05, 3.63) is 183 Å². The molecule has 0 unspecified atom stereocenters. The Morgan fingerprint density at radius 2 is 0.537 bits per heavy atom. The zero-order valence-electron chi connectivity index (χ0n) is 29.0. The van der Waals surface area contributed by atoms with E-state index in [9.17, 15) is 0 Å². The van der Waals surface area contributed by atoms with Crippen LogP contribution in [0.15, 0.2) is 183 Å². The molecule has 6 heteroatoms. The van der Waals surface area contributed by atoms with E-state index in [2.05, 4.69) is 119 Å². The number of fused-ring (bicyclic) bond motifs is 10. The van der Waals surface area contributed by atoms with Crippen molar-refractivity contribution >= 4 is 53.9 Å². The van der Waals surface area contributed by atoms with Gasteiger partial charge < -0.3 is 0 Å². The molecule has 0 saturated carbocycles. The molecular weight excluding hydrogens is 661 g/mol. The van der Waals surface area contributed by atoms with Crippen LogP contribution in [0.1, 0.15) is 0 Å². The summed E-state index contributed by atoms with van der Waals surface area (Å²) in [6.45, 7) is 0. The molecule has 4 heterocycles. The van der Waals surface area contributed by atoms with Gasteiger partial charge in [-0.15, -0.1) is 0 Å². The molecule has 0 aliphatic heterocycles. The highest BCUT2D eigenvalue weighted by atomic mass is 14.9. The lowest BCUT2D eigenvalue weighted by Gasteiger charge is -2.12. The van der Waals surface area contributed by atoms with Crippen LogP contribution >= 0.6 is 0 Å². The van der Waals surface area contributed by atoms with Gasteiger partial charge in [-0.05, 0) is 101 Å². The van der Waals surface area contributed by atoms with E-state index in [0.29, 0.717) is 11.6 Å². The first kappa shape index (κ1) is 31.3. The second kappa shape index (κ2) is 13.3. The summed E-state index contributed by atoms with van der Waals surface area (Å²) in [5.41, 5.74) is 5.87. The molecule has 0 amide bonds. The SMILES string of the molecule is c1ccc2c(c1)c1ccccc1c1cc(-c3ncc(-c4ccncc4)cn3)ccc1c1ccccc1c1ccc(-c3ncc(-c4ccncc4)cn3)cc21. The topological polar surface area (TPSA) is 77.3 Å². The highest BCUT2D eigenvalue weighted by Gasteiger charge is 2.12. The van der Waals surface area contributed by atoms with Crippen LogP contribution in [0.25, 0.3) is 98.9 Å². The predicted molar refractivity (Wildman–Crippen MR) is 220 cm³/mol. The van der Waals surface area contributed by atoms with Gasteiger partial charge in [0.2, 0.25) is 0 Å². The Hall–Kier alpha value is -7.44. The first-order valence-corrected chi connectivity index (χ1v) is 17.8. The fourth-order valence-corrected chi connectivity index (χ4v) is 7.48. The Morgan fingerprint density at radius 1 is 0.241 bits per heavy atom. The quantitative estimate of drug-likeness (QED) is 0.183. The number of hydrogen-bond donors (Lipinski definition) is 0. The molecule has 10 rings (SSSR count). The third kappa shape index (κ3) is 5.54.